The molecule has 0 spiro atoms. The van der Waals surface area contributed by atoms with Gasteiger partial charge in [0.1, 0.15) is 159 Å². The van der Waals surface area contributed by atoms with Crippen molar-refractivity contribution in [3.63, 3.8) is 0 Å². The maximum absolute atomic E-state index is 12.7. The Bertz CT molecular complexity index is 2270. The Kier molecular flexibility index (Phi) is 25.7. The van der Waals surface area contributed by atoms with Gasteiger partial charge >= 0.3 is 5.97 Å². The third-order valence-corrected chi connectivity index (χ3v) is 16.3. The molecule has 20 N–H and O–H groups in total. The number of esters is 1. The Morgan fingerprint density at radius 2 is 0.830 bits per heavy atom. The van der Waals surface area contributed by atoms with Crippen LogP contribution in [-0.4, -0.2) is 377 Å². The molecular formula is C52H84N2O34. The van der Waals surface area contributed by atoms with Gasteiger partial charge in [0.05, 0.1) is 51.8 Å². The Balaban J connectivity index is 0.984. The van der Waals surface area contributed by atoms with E-state index in [1.54, 1.807) is 0 Å². The lowest BCUT2D eigenvalue weighted by Crippen LogP contribution is -2.68. The first kappa shape index (κ1) is 71.0. The summed E-state index contributed by atoms with van der Waals surface area (Å²) in [6.07, 6.45) is -60.1. The van der Waals surface area contributed by atoms with E-state index >= 15 is 0 Å². The minimum Gasteiger partial charge on any atom is -0.461 e. The first-order valence-electron chi connectivity index (χ1n) is 28.8. The van der Waals surface area contributed by atoms with E-state index in [4.69, 9.17) is 66.3 Å². The average molecular weight is 1280 g/mol. The van der Waals surface area contributed by atoms with Crippen molar-refractivity contribution in [2.75, 3.05) is 77.8 Å². The van der Waals surface area contributed by atoms with Gasteiger partial charge in [-0.15, -0.1) is 0 Å². The summed E-state index contributed by atoms with van der Waals surface area (Å²) in [5, 5.41) is 209. The van der Waals surface area contributed by atoms with Gasteiger partial charge in [0.25, 0.3) is 0 Å². The second-order valence-electron chi connectivity index (χ2n) is 22.3. The standard InChI is InChI=1S/C52H84N2O34/c1-3-54(4-2)9-10-75-46(74)18-5-7-19(8-6-18)53-45-35(67)32(64)42(23(11-55)82-45)86-51-40(72)33(65)44(26(84-51)17-81-49-38(70)29(61)22(58)14-78-49)88-52-41(73)34(66)43(25(85-52)16-80-48-37(69)28(60)21(57)13-77-48)87-50-39(71)31(63)30(62)24(83-50)15-79-47-36(68)27(59)20(56)12-76-47/h5-8,20-45,47-53,55-73H,3-4,9-17H2,1-2H3/t20-,21-,22-,23-,24-,25-,26-,27+,28+,29+,30-,31+,32-,33-,34-,35-,36-,37-,38-,39-,40-,41-,42-,43-,44-,45-,47-,48-,49-,50+,51+,52+/m1/s1. The van der Waals surface area contributed by atoms with E-state index < -0.39 is 249 Å². The molecule has 0 amide bonds. The first-order chi connectivity index (χ1) is 41.9. The smallest absolute Gasteiger partial charge is 0.338 e. The molecule has 0 radical (unpaired) electrons. The van der Waals surface area contributed by atoms with Gasteiger partial charge in [-0.25, -0.2) is 4.79 Å². The second-order valence-corrected chi connectivity index (χ2v) is 22.3. The van der Waals surface area contributed by atoms with E-state index in [0.29, 0.717) is 6.54 Å². The van der Waals surface area contributed by atoms with Crippen LogP contribution in [0.5, 0.6) is 0 Å². The summed E-state index contributed by atoms with van der Waals surface area (Å²) in [6.45, 7) is 1.20. The molecule has 506 valence electrons. The Morgan fingerprint density at radius 1 is 0.455 bits per heavy atom. The van der Waals surface area contributed by atoms with Gasteiger partial charge in [0.2, 0.25) is 0 Å². The van der Waals surface area contributed by atoms with Gasteiger partial charge in [-0.05, 0) is 37.4 Å². The fraction of sp³-hybridized carbons (Fsp3) is 0.865. The average Bonchev–Trinajstić information content (AvgIpc) is 1.74. The van der Waals surface area contributed by atoms with E-state index in [9.17, 15) is 102 Å². The number of likely N-dealkylation sites (N-methyl/N-ethyl adjacent to an activating group) is 1. The number of hydrogen-bond acceptors (Lipinski definition) is 36. The molecule has 32 atom stereocenters. The molecule has 0 aromatic heterocycles. The lowest BCUT2D eigenvalue weighted by atomic mass is 9.95. The summed E-state index contributed by atoms with van der Waals surface area (Å²) < 4.78 is 79.9. The molecule has 7 heterocycles. The van der Waals surface area contributed by atoms with Crippen molar-refractivity contribution in [1.29, 1.82) is 0 Å². The maximum Gasteiger partial charge on any atom is 0.338 e. The number of carbonyl (C=O) groups excluding carboxylic acids is 1. The van der Waals surface area contributed by atoms with Gasteiger partial charge < -0.3 is 174 Å². The number of nitrogens with one attached hydrogen (secondary N) is 1. The highest BCUT2D eigenvalue weighted by Gasteiger charge is 2.57. The molecule has 7 saturated heterocycles. The third kappa shape index (κ3) is 16.4. The number of aliphatic hydroxyl groups is 19. The predicted molar refractivity (Wildman–Crippen MR) is 280 cm³/mol. The number of hydrogen-bond donors (Lipinski definition) is 20. The molecule has 1 aromatic rings. The van der Waals surface area contributed by atoms with E-state index in [0.717, 1.165) is 13.1 Å². The Morgan fingerprint density at radius 3 is 1.25 bits per heavy atom. The number of carbonyl (C=O) groups is 1. The number of benzene rings is 1. The van der Waals surface area contributed by atoms with Crippen LogP contribution in [-0.2, 0) is 66.3 Å². The molecule has 8 rings (SSSR count). The molecule has 0 saturated carbocycles. The minimum absolute atomic E-state index is 0.155. The fourth-order valence-electron chi connectivity index (χ4n) is 10.8. The summed E-state index contributed by atoms with van der Waals surface area (Å²) in [4.78, 5) is 14.8. The summed E-state index contributed by atoms with van der Waals surface area (Å²) in [7, 11) is 0. The molecule has 88 heavy (non-hydrogen) atoms. The molecule has 0 bridgehead atoms. The summed E-state index contributed by atoms with van der Waals surface area (Å²) in [5.41, 5.74) is 0.498. The van der Waals surface area contributed by atoms with Crippen LogP contribution in [0, 0.1) is 0 Å². The van der Waals surface area contributed by atoms with Crippen molar-refractivity contribution in [3.8, 4) is 0 Å². The van der Waals surface area contributed by atoms with Gasteiger partial charge in [-0.1, -0.05) is 13.8 Å². The lowest BCUT2D eigenvalue weighted by molar-refractivity contribution is -0.391. The SMILES string of the molecule is CCN(CC)CCOC(=O)c1ccc(N[C@@H]2O[C@H](CO)[C@@H](O[C@@H]3O[C@H](CO[C@H]4OC[C@@H](O)[C@H](O)[C@H]4O)[C@@H](O[C@@H]4O[C@H](CO[C@H]5OC[C@@H](O)[C@H](O)[C@H]5O)[C@@H](O[C@@H]5O[C@H](CO[C@H]6OC[C@@H](O)[C@H](O)[C@H]6O)[C@@H](O)[C@H](O)[C@H]5O)[C@H](O)[C@H]4O)[C@H](O)[C@H]3O)[C@H](O)[C@H]2O)cc1. The number of aliphatic hydroxyl groups excluding tert-OH is 19. The van der Waals surface area contributed by atoms with Crippen molar-refractivity contribution < 1.29 is 168 Å². The zero-order valence-corrected chi connectivity index (χ0v) is 47.6. The van der Waals surface area contributed by atoms with Gasteiger partial charge in [0.15, 0.2) is 44.0 Å². The number of anilines is 1. The van der Waals surface area contributed by atoms with E-state index in [1.807, 2.05) is 13.8 Å². The van der Waals surface area contributed by atoms with Gasteiger partial charge in [0, 0.05) is 12.2 Å². The summed E-state index contributed by atoms with van der Waals surface area (Å²) in [6, 6.07) is 5.83. The van der Waals surface area contributed by atoms with Crippen LogP contribution in [0.25, 0.3) is 0 Å². The Labute approximate surface area is 501 Å². The minimum atomic E-state index is -2.32. The quantitative estimate of drug-likeness (QED) is 0.0427. The van der Waals surface area contributed by atoms with Crippen LogP contribution in [0.15, 0.2) is 24.3 Å². The molecule has 7 fully saturated rings. The molecule has 0 unspecified atom stereocenters. The van der Waals surface area contributed by atoms with Crippen LogP contribution in [0.2, 0.25) is 0 Å². The van der Waals surface area contributed by atoms with Crippen molar-refractivity contribution in [3.05, 3.63) is 29.8 Å². The van der Waals surface area contributed by atoms with E-state index in [1.165, 1.54) is 24.3 Å². The highest BCUT2D eigenvalue weighted by atomic mass is 16.8. The van der Waals surface area contributed by atoms with Gasteiger partial charge in [-0.3, -0.25) is 0 Å². The molecule has 1 aromatic carbocycles. The largest absolute Gasteiger partial charge is 0.461 e. The zero-order valence-electron chi connectivity index (χ0n) is 47.6. The molecule has 36 heteroatoms. The number of ether oxygens (including phenoxy) is 14. The number of rotatable bonds is 24. The van der Waals surface area contributed by atoms with Crippen molar-refractivity contribution in [2.45, 2.75) is 210 Å². The van der Waals surface area contributed by atoms with E-state index in [-0.39, 0.29) is 17.9 Å². The van der Waals surface area contributed by atoms with Crippen molar-refractivity contribution in [2.24, 2.45) is 0 Å². The predicted octanol–water partition coefficient (Wildman–Crippen LogP) is -11.7. The highest BCUT2D eigenvalue weighted by Crippen LogP contribution is 2.36. The van der Waals surface area contributed by atoms with Crippen LogP contribution < -0.4 is 5.32 Å². The second kappa shape index (κ2) is 31.9. The first-order valence-corrected chi connectivity index (χ1v) is 28.8. The topological polar surface area (TPSA) is 546 Å². The van der Waals surface area contributed by atoms with E-state index in [2.05, 4.69) is 10.2 Å². The molecule has 0 aliphatic carbocycles. The van der Waals surface area contributed by atoms with Crippen molar-refractivity contribution >= 4 is 11.7 Å². The molecule has 36 nitrogen and oxygen atoms in total. The Hall–Kier alpha value is -2.83. The highest BCUT2D eigenvalue weighted by molar-refractivity contribution is 5.89. The monoisotopic (exact) mass is 1280 g/mol. The fourth-order valence-corrected chi connectivity index (χ4v) is 10.8. The maximum atomic E-state index is 12.7. The van der Waals surface area contributed by atoms with Crippen molar-refractivity contribution in [1.82, 2.24) is 4.90 Å². The van der Waals surface area contributed by atoms with Crippen LogP contribution in [0.3, 0.4) is 0 Å². The van der Waals surface area contributed by atoms with Gasteiger partial charge in [-0.2, -0.15) is 0 Å². The molecule has 7 aliphatic rings. The van der Waals surface area contributed by atoms with Crippen LogP contribution in [0.1, 0.15) is 24.2 Å². The van der Waals surface area contributed by atoms with Crippen LogP contribution in [0.4, 0.5) is 5.69 Å². The molecule has 7 aliphatic heterocycles. The summed E-state index contributed by atoms with van der Waals surface area (Å²) in [5.74, 6) is -0.586. The zero-order chi connectivity index (χ0) is 64.0. The van der Waals surface area contributed by atoms with Crippen LogP contribution >= 0.6 is 0 Å². The normalized spacial score (nSPS) is 46.1. The lowest BCUT2D eigenvalue weighted by Gasteiger charge is -2.49. The summed E-state index contributed by atoms with van der Waals surface area (Å²) >= 11 is 0. The molecular weight excluding hydrogens is 1200 g/mol. The third-order valence-electron chi connectivity index (χ3n) is 16.3. The number of nitrogens with zero attached hydrogens (tertiary/aromatic N) is 1.